The second-order valence-corrected chi connectivity index (χ2v) is 4.79. The number of benzene rings is 2. The van der Waals surface area contributed by atoms with Crippen molar-refractivity contribution in [1.82, 2.24) is 0 Å². The van der Waals surface area contributed by atoms with Gasteiger partial charge in [-0.25, -0.2) is 8.78 Å². The van der Waals surface area contributed by atoms with Crippen LogP contribution in [0.4, 0.5) is 8.78 Å². The second-order valence-electron chi connectivity index (χ2n) is 4.38. The van der Waals surface area contributed by atoms with Crippen molar-refractivity contribution in [3.05, 3.63) is 64.2 Å². The van der Waals surface area contributed by atoms with Crippen molar-refractivity contribution in [1.29, 1.82) is 0 Å². The van der Waals surface area contributed by atoms with Gasteiger partial charge in [0.05, 0.1) is 6.10 Å². The van der Waals surface area contributed by atoms with Crippen LogP contribution in [-0.2, 0) is 6.61 Å². The van der Waals surface area contributed by atoms with E-state index in [0.29, 0.717) is 10.6 Å². The standard InChI is InChI=1S/C15H13ClF2O2/c1-9(19)13-4-3-12(7-15(13)18)20-8-10-6-11(17)2-5-14(10)16/h2-7,9,19H,8H2,1H3/t9-/m0/s1. The van der Waals surface area contributed by atoms with E-state index >= 15 is 0 Å². The number of hydrogen-bond acceptors (Lipinski definition) is 2. The van der Waals surface area contributed by atoms with E-state index in [2.05, 4.69) is 0 Å². The zero-order chi connectivity index (χ0) is 14.7. The van der Waals surface area contributed by atoms with Gasteiger partial charge in [-0.3, -0.25) is 0 Å². The van der Waals surface area contributed by atoms with Gasteiger partial charge in [0.1, 0.15) is 24.0 Å². The fourth-order valence-electron chi connectivity index (χ4n) is 1.75. The Kier molecular flexibility index (Phi) is 4.57. The summed E-state index contributed by atoms with van der Waals surface area (Å²) in [5, 5.41) is 9.71. The summed E-state index contributed by atoms with van der Waals surface area (Å²) >= 11 is 5.91. The largest absolute Gasteiger partial charge is 0.489 e. The maximum Gasteiger partial charge on any atom is 0.132 e. The lowest BCUT2D eigenvalue weighted by atomic mass is 10.1. The normalized spacial score (nSPS) is 12.2. The van der Waals surface area contributed by atoms with Crippen molar-refractivity contribution in [3.63, 3.8) is 0 Å². The lowest BCUT2D eigenvalue weighted by Gasteiger charge is -2.11. The Labute approximate surface area is 120 Å². The molecule has 2 aromatic carbocycles. The maximum absolute atomic E-state index is 13.6. The third-order valence-corrected chi connectivity index (χ3v) is 3.19. The fourth-order valence-corrected chi connectivity index (χ4v) is 1.92. The van der Waals surface area contributed by atoms with Gasteiger partial charge in [-0.2, -0.15) is 0 Å². The van der Waals surface area contributed by atoms with E-state index in [9.17, 15) is 13.9 Å². The molecule has 0 saturated heterocycles. The summed E-state index contributed by atoms with van der Waals surface area (Å²) in [6.45, 7) is 1.51. The SMILES string of the molecule is C[C@H](O)c1ccc(OCc2cc(F)ccc2Cl)cc1F. The van der Waals surface area contributed by atoms with Gasteiger partial charge in [-0.15, -0.1) is 0 Å². The molecule has 0 bridgehead atoms. The third-order valence-electron chi connectivity index (χ3n) is 2.82. The van der Waals surface area contributed by atoms with Gasteiger partial charge >= 0.3 is 0 Å². The topological polar surface area (TPSA) is 29.5 Å². The minimum atomic E-state index is -0.887. The quantitative estimate of drug-likeness (QED) is 0.914. The fraction of sp³-hybridized carbons (Fsp3) is 0.200. The number of rotatable bonds is 4. The molecular formula is C15H13ClF2O2. The maximum atomic E-state index is 13.6. The molecule has 2 nitrogen and oxygen atoms in total. The van der Waals surface area contributed by atoms with E-state index in [1.807, 2.05) is 0 Å². The van der Waals surface area contributed by atoms with E-state index < -0.39 is 17.7 Å². The molecule has 0 saturated carbocycles. The van der Waals surface area contributed by atoms with Gasteiger partial charge < -0.3 is 9.84 Å². The highest BCUT2D eigenvalue weighted by atomic mass is 35.5. The predicted molar refractivity (Wildman–Crippen MR) is 72.8 cm³/mol. The Morgan fingerprint density at radius 1 is 1.20 bits per heavy atom. The zero-order valence-electron chi connectivity index (χ0n) is 10.7. The van der Waals surface area contributed by atoms with Crippen LogP contribution in [-0.4, -0.2) is 5.11 Å². The number of aliphatic hydroxyl groups excluding tert-OH is 1. The lowest BCUT2D eigenvalue weighted by Crippen LogP contribution is -2.00. The summed E-state index contributed by atoms with van der Waals surface area (Å²) in [5.41, 5.74) is 0.674. The van der Waals surface area contributed by atoms with Crippen LogP contribution in [0.1, 0.15) is 24.2 Å². The third kappa shape index (κ3) is 3.46. The Bertz CT molecular complexity index is 615. The molecule has 0 unspecified atom stereocenters. The van der Waals surface area contributed by atoms with E-state index in [4.69, 9.17) is 16.3 Å². The number of ether oxygens (including phenoxy) is 1. The molecule has 0 amide bonds. The van der Waals surface area contributed by atoms with Crippen molar-refractivity contribution < 1.29 is 18.6 Å². The van der Waals surface area contributed by atoms with Crippen LogP contribution in [0.25, 0.3) is 0 Å². The first-order chi connectivity index (χ1) is 9.47. The van der Waals surface area contributed by atoms with Crippen molar-refractivity contribution >= 4 is 11.6 Å². The molecule has 0 spiro atoms. The van der Waals surface area contributed by atoms with Crippen LogP contribution in [0.5, 0.6) is 5.75 Å². The average molecular weight is 299 g/mol. The first kappa shape index (κ1) is 14.8. The van der Waals surface area contributed by atoms with Crippen molar-refractivity contribution in [3.8, 4) is 5.75 Å². The molecule has 0 radical (unpaired) electrons. The van der Waals surface area contributed by atoms with Crippen molar-refractivity contribution in [2.45, 2.75) is 19.6 Å². The molecule has 0 aliphatic heterocycles. The Hall–Kier alpha value is -1.65. The molecule has 0 heterocycles. The zero-order valence-corrected chi connectivity index (χ0v) is 11.5. The minimum Gasteiger partial charge on any atom is -0.489 e. The molecule has 0 aromatic heterocycles. The average Bonchev–Trinajstić information content (AvgIpc) is 2.39. The van der Waals surface area contributed by atoms with Crippen LogP contribution in [0.3, 0.4) is 0 Å². The summed E-state index contributed by atoms with van der Waals surface area (Å²) in [7, 11) is 0. The van der Waals surface area contributed by atoms with Crippen LogP contribution in [0.15, 0.2) is 36.4 Å². The smallest absolute Gasteiger partial charge is 0.132 e. The first-order valence-electron chi connectivity index (χ1n) is 6.01. The van der Waals surface area contributed by atoms with E-state index in [1.54, 1.807) is 6.07 Å². The van der Waals surface area contributed by atoms with Gasteiger partial charge in [0, 0.05) is 22.2 Å². The second kappa shape index (κ2) is 6.20. The Balaban J connectivity index is 2.11. The number of halogens is 3. The number of hydrogen-bond donors (Lipinski definition) is 1. The number of aliphatic hydroxyl groups is 1. The van der Waals surface area contributed by atoms with Crippen LogP contribution in [0.2, 0.25) is 5.02 Å². The highest BCUT2D eigenvalue weighted by Gasteiger charge is 2.10. The summed E-state index contributed by atoms with van der Waals surface area (Å²) in [5.74, 6) is -0.682. The van der Waals surface area contributed by atoms with Crippen LogP contribution >= 0.6 is 11.6 Å². The molecule has 0 aliphatic rings. The Morgan fingerprint density at radius 2 is 1.95 bits per heavy atom. The van der Waals surface area contributed by atoms with E-state index in [1.165, 1.54) is 37.3 Å². The molecule has 1 N–H and O–H groups in total. The molecule has 1 atom stereocenters. The summed E-state index contributed by atoms with van der Waals surface area (Å²) in [4.78, 5) is 0. The van der Waals surface area contributed by atoms with Crippen LogP contribution < -0.4 is 4.74 Å². The van der Waals surface area contributed by atoms with Crippen LogP contribution in [0, 0.1) is 11.6 Å². The Morgan fingerprint density at radius 3 is 2.60 bits per heavy atom. The van der Waals surface area contributed by atoms with Crippen molar-refractivity contribution in [2.24, 2.45) is 0 Å². The monoisotopic (exact) mass is 298 g/mol. The summed E-state index contributed by atoms with van der Waals surface area (Å²) < 4.78 is 32.1. The summed E-state index contributed by atoms with van der Waals surface area (Å²) in [6, 6.07) is 8.12. The first-order valence-corrected chi connectivity index (χ1v) is 6.39. The molecule has 5 heteroatoms. The molecule has 2 aromatic rings. The molecule has 106 valence electrons. The van der Waals surface area contributed by atoms with Gasteiger partial charge in [0.25, 0.3) is 0 Å². The highest BCUT2D eigenvalue weighted by molar-refractivity contribution is 6.31. The van der Waals surface area contributed by atoms with Crippen molar-refractivity contribution in [2.75, 3.05) is 0 Å². The molecule has 0 fully saturated rings. The molecule has 2 rings (SSSR count). The lowest BCUT2D eigenvalue weighted by molar-refractivity contribution is 0.194. The predicted octanol–water partition coefficient (Wildman–Crippen LogP) is 4.25. The highest BCUT2D eigenvalue weighted by Crippen LogP contribution is 2.24. The van der Waals surface area contributed by atoms with Gasteiger partial charge in [-0.1, -0.05) is 11.6 Å². The van der Waals surface area contributed by atoms with E-state index in [-0.39, 0.29) is 17.9 Å². The van der Waals surface area contributed by atoms with Gasteiger partial charge in [-0.05, 0) is 37.3 Å². The molecular weight excluding hydrogens is 286 g/mol. The summed E-state index contributed by atoms with van der Waals surface area (Å²) in [6.07, 6.45) is -0.887. The minimum absolute atomic E-state index is 0.0318. The molecule has 20 heavy (non-hydrogen) atoms. The van der Waals surface area contributed by atoms with Gasteiger partial charge in [0.15, 0.2) is 0 Å². The van der Waals surface area contributed by atoms with Gasteiger partial charge in [0.2, 0.25) is 0 Å². The van der Waals surface area contributed by atoms with E-state index in [0.717, 1.165) is 0 Å². The molecule has 0 aliphatic carbocycles.